The van der Waals surface area contributed by atoms with Crippen LogP contribution in [0, 0.1) is 0 Å². The Morgan fingerprint density at radius 1 is 1.32 bits per heavy atom. The maximum absolute atomic E-state index is 14.2. The molecule has 28 heavy (non-hydrogen) atoms. The van der Waals surface area contributed by atoms with E-state index in [2.05, 4.69) is 15.0 Å². The number of nitrogen functional groups attached to an aromatic ring is 1. The number of nitrogens with zero attached hydrogens (tertiary/aromatic N) is 4. The highest BCUT2D eigenvalue weighted by molar-refractivity contribution is 6.74. The van der Waals surface area contributed by atoms with Crippen LogP contribution in [0.5, 0.6) is 0 Å². The maximum atomic E-state index is 14.2. The molecular weight excluding hydrogens is 388 g/mol. The number of hydrogen-bond donors (Lipinski definition) is 2. The van der Waals surface area contributed by atoms with Crippen molar-refractivity contribution in [2.24, 2.45) is 0 Å². The van der Waals surface area contributed by atoms with Crippen molar-refractivity contribution in [2.75, 3.05) is 5.73 Å². The highest BCUT2D eigenvalue weighted by Gasteiger charge is 2.82. The number of imidazole rings is 1. The Kier molecular flexibility index (Phi) is 3.98. The highest BCUT2D eigenvalue weighted by atomic mass is 28.4. The number of aromatic nitrogens is 4. The minimum Gasteiger partial charge on any atom is -0.407 e. The number of halogens is 2. The van der Waals surface area contributed by atoms with Crippen LogP contribution in [0.4, 0.5) is 14.6 Å². The van der Waals surface area contributed by atoms with E-state index >= 15 is 0 Å². The van der Waals surface area contributed by atoms with Gasteiger partial charge in [0.15, 0.2) is 31.6 Å². The molecule has 2 fully saturated rings. The Labute approximate surface area is 162 Å². The molecule has 2 aromatic rings. The van der Waals surface area contributed by atoms with Crippen LogP contribution in [0.3, 0.4) is 0 Å². The molecule has 0 bridgehead atoms. The molecule has 1 saturated carbocycles. The number of aliphatic hydroxyl groups excluding tert-OH is 1. The number of fused-ring (bicyclic) bond motifs is 1. The topological polar surface area (TPSA) is 108 Å². The van der Waals surface area contributed by atoms with E-state index in [9.17, 15) is 13.9 Å². The highest BCUT2D eigenvalue weighted by Crippen LogP contribution is 2.64. The molecule has 1 aliphatic carbocycles. The lowest BCUT2D eigenvalue weighted by molar-refractivity contribution is -0.0987. The van der Waals surface area contributed by atoms with Crippen LogP contribution in [0.2, 0.25) is 18.1 Å². The zero-order valence-electron chi connectivity index (χ0n) is 16.5. The summed E-state index contributed by atoms with van der Waals surface area (Å²) < 4.78 is 42.0. The van der Waals surface area contributed by atoms with Gasteiger partial charge in [0, 0.05) is 0 Å². The molecule has 3 N–H and O–H groups in total. The zero-order chi connectivity index (χ0) is 20.7. The summed E-state index contributed by atoms with van der Waals surface area (Å²) >= 11 is 0. The quantitative estimate of drug-likeness (QED) is 0.744. The van der Waals surface area contributed by atoms with Crippen LogP contribution in [-0.4, -0.2) is 56.7 Å². The first-order chi connectivity index (χ1) is 12.8. The number of ether oxygens (including phenoxy) is 1. The Morgan fingerprint density at radius 2 is 1.96 bits per heavy atom. The lowest BCUT2D eigenvalue weighted by Crippen LogP contribution is -2.49. The summed E-state index contributed by atoms with van der Waals surface area (Å²) in [5.41, 5.74) is 4.58. The third-order valence-corrected chi connectivity index (χ3v) is 10.8. The molecule has 8 nitrogen and oxygen atoms in total. The maximum Gasteiger partial charge on any atom is 0.282 e. The summed E-state index contributed by atoms with van der Waals surface area (Å²) in [6, 6.07) is 0. The standard InChI is InChI=1S/C17H25F2N5O3Si/c1-15(2,3)28(4,5)27-10-11(25)16(6-17(16,18)19)26-14(10)24-8-23-9-12(20)21-7-22-13(9)24/h7-8,10-11,14,25H,6H2,1-5H3,(H2,20,21,22)/t10-,11+,14-,16+/m1/s1. The Bertz CT molecular complexity index is 931. The molecule has 1 saturated heterocycles. The van der Waals surface area contributed by atoms with Crippen molar-refractivity contribution in [3.05, 3.63) is 12.7 Å². The molecule has 4 rings (SSSR count). The van der Waals surface area contributed by atoms with E-state index in [4.69, 9.17) is 14.9 Å². The van der Waals surface area contributed by atoms with Crippen LogP contribution in [0.25, 0.3) is 11.2 Å². The first kappa shape index (κ1) is 19.6. The number of nitrogens with two attached hydrogens (primary N) is 1. The van der Waals surface area contributed by atoms with Gasteiger partial charge in [-0.05, 0) is 18.1 Å². The number of alkyl halides is 2. The van der Waals surface area contributed by atoms with Crippen molar-refractivity contribution in [2.45, 2.75) is 75.3 Å². The fraction of sp³-hybridized carbons (Fsp3) is 0.706. The molecule has 1 spiro atoms. The fourth-order valence-electron chi connectivity index (χ4n) is 3.42. The van der Waals surface area contributed by atoms with Gasteiger partial charge in [0.2, 0.25) is 0 Å². The molecule has 2 aliphatic rings. The number of aliphatic hydroxyl groups is 1. The van der Waals surface area contributed by atoms with E-state index in [1.54, 1.807) is 0 Å². The van der Waals surface area contributed by atoms with Crippen molar-refractivity contribution in [3.63, 3.8) is 0 Å². The smallest absolute Gasteiger partial charge is 0.282 e. The van der Waals surface area contributed by atoms with Gasteiger partial charge in [-0.1, -0.05) is 20.8 Å². The van der Waals surface area contributed by atoms with Crippen LogP contribution >= 0.6 is 0 Å². The molecule has 154 valence electrons. The monoisotopic (exact) mass is 413 g/mol. The average Bonchev–Trinajstić information content (AvgIpc) is 2.86. The molecule has 0 amide bonds. The summed E-state index contributed by atoms with van der Waals surface area (Å²) in [6.45, 7) is 10.1. The number of anilines is 1. The van der Waals surface area contributed by atoms with Gasteiger partial charge >= 0.3 is 0 Å². The minimum absolute atomic E-state index is 0.177. The van der Waals surface area contributed by atoms with Crippen LogP contribution in [-0.2, 0) is 9.16 Å². The van der Waals surface area contributed by atoms with Crippen molar-refractivity contribution in [3.8, 4) is 0 Å². The SMILES string of the molecule is CC(C)(C)[Si](C)(C)O[C@H]1[C@H](n2cnc3c(N)ncnc32)O[C@@]2(CC2(F)F)[C@H]1O. The van der Waals surface area contributed by atoms with E-state index in [1.165, 1.54) is 17.2 Å². The normalized spacial score (nSPS) is 32.4. The number of rotatable bonds is 3. The van der Waals surface area contributed by atoms with Gasteiger partial charge in [-0.3, -0.25) is 4.57 Å². The molecule has 3 heterocycles. The summed E-state index contributed by atoms with van der Waals surface area (Å²) in [4.78, 5) is 12.3. The Hall–Kier alpha value is -1.69. The molecule has 11 heteroatoms. The van der Waals surface area contributed by atoms with E-state index in [-0.39, 0.29) is 10.9 Å². The van der Waals surface area contributed by atoms with E-state index in [1.807, 2.05) is 33.9 Å². The van der Waals surface area contributed by atoms with E-state index in [0.717, 1.165) is 0 Å². The van der Waals surface area contributed by atoms with Gasteiger partial charge in [0.1, 0.15) is 24.1 Å². The largest absolute Gasteiger partial charge is 0.407 e. The van der Waals surface area contributed by atoms with Crippen molar-refractivity contribution in [1.29, 1.82) is 0 Å². The fourth-order valence-corrected chi connectivity index (χ4v) is 4.70. The first-order valence-corrected chi connectivity index (χ1v) is 12.1. The Morgan fingerprint density at radius 3 is 2.54 bits per heavy atom. The first-order valence-electron chi connectivity index (χ1n) is 9.15. The molecule has 2 aromatic heterocycles. The molecule has 4 atom stereocenters. The predicted octanol–water partition coefficient (Wildman–Crippen LogP) is 2.47. The third-order valence-electron chi connectivity index (χ3n) is 6.28. The van der Waals surface area contributed by atoms with E-state index < -0.39 is 44.7 Å². The van der Waals surface area contributed by atoms with Crippen LogP contribution < -0.4 is 5.73 Å². The lowest BCUT2D eigenvalue weighted by atomic mass is 10.1. The molecule has 1 aliphatic heterocycles. The second-order valence-electron chi connectivity index (χ2n) is 9.15. The average molecular weight is 414 g/mol. The minimum atomic E-state index is -3.11. The summed E-state index contributed by atoms with van der Waals surface area (Å²) in [5, 5.41) is 10.7. The lowest BCUT2D eigenvalue weighted by Gasteiger charge is -2.40. The van der Waals surface area contributed by atoms with Crippen molar-refractivity contribution in [1.82, 2.24) is 19.5 Å². The summed E-state index contributed by atoms with van der Waals surface area (Å²) in [5.74, 6) is -2.93. The Balaban J connectivity index is 1.78. The van der Waals surface area contributed by atoms with Crippen LogP contribution in [0.1, 0.15) is 33.4 Å². The van der Waals surface area contributed by atoms with Gasteiger partial charge in [0.05, 0.1) is 12.7 Å². The van der Waals surface area contributed by atoms with Gasteiger partial charge in [-0.25, -0.2) is 23.7 Å². The van der Waals surface area contributed by atoms with Gasteiger partial charge in [-0.2, -0.15) is 0 Å². The van der Waals surface area contributed by atoms with Crippen molar-refractivity contribution >= 4 is 25.3 Å². The second kappa shape index (κ2) is 5.68. The zero-order valence-corrected chi connectivity index (χ0v) is 17.5. The van der Waals surface area contributed by atoms with Crippen molar-refractivity contribution < 1.29 is 23.1 Å². The molecule has 0 aromatic carbocycles. The second-order valence-corrected chi connectivity index (χ2v) is 13.9. The van der Waals surface area contributed by atoms with Gasteiger partial charge in [0.25, 0.3) is 5.92 Å². The van der Waals surface area contributed by atoms with E-state index in [0.29, 0.717) is 11.2 Å². The van der Waals surface area contributed by atoms with Crippen LogP contribution in [0.15, 0.2) is 12.7 Å². The van der Waals surface area contributed by atoms with Gasteiger partial charge < -0.3 is 20.0 Å². The third kappa shape index (κ3) is 2.60. The molecular formula is C17H25F2N5O3Si. The van der Waals surface area contributed by atoms with Gasteiger partial charge in [-0.15, -0.1) is 0 Å². The molecule has 0 unspecified atom stereocenters. The number of hydrogen-bond acceptors (Lipinski definition) is 7. The molecule has 0 radical (unpaired) electrons. The summed E-state index contributed by atoms with van der Waals surface area (Å²) in [6.07, 6.45) is -1.32. The summed E-state index contributed by atoms with van der Waals surface area (Å²) in [7, 11) is -2.40. The predicted molar refractivity (Wildman–Crippen MR) is 100 cm³/mol.